The Balaban J connectivity index is 1.18. The minimum Gasteiger partial charge on any atom is -0.408 e. The summed E-state index contributed by atoms with van der Waals surface area (Å²) in [6.07, 6.45) is 6.22. The quantitative estimate of drug-likeness (QED) is 0.727. The van der Waals surface area contributed by atoms with Crippen molar-refractivity contribution < 1.29 is 18.7 Å². The zero-order valence-corrected chi connectivity index (χ0v) is 18.5. The molecule has 1 aromatic carbocycles. The van der Waals surface area contributed by atoms with Crippen LogP contribution < -0.4 is 5.76 Å². The molecule has 0 aliphatic carbocycles. The van der Waals surface area contributed by atoms with Crippen molar-refractivity contribution in [2.24, 2.45) is 5.92 Å². The van der Waals surface area contributed by atoms with Crippen LogP contribution in [0.25, 0.3) is 11.1 Å². The third-order valence-electron chi connectivity index (χ3n) is 7.41. The Kier molecular flexibility index (Phi) is 5.80. The molecule has 8 nitrogen and oxygen atoms in total. The first kappa shape index (κ1) is 21.2. The number of nitrogens with zero attached hydrogens (tertiary/aromatic N) is 3. The third-order valence-corrected chi connectivity index (χ3v) is 7.41. The topological polar surface area (TPSA) is 85.0 Å². The SMILES string of the molecule is O=C(CC1CCOC2(CCN(C(=O)Cn3c(=O)oc4ccccc43)CC2)C1)N1CCCC1. The molecule has 0 N–H and O–H groups in total. The number of fused-ring (bicyclic) bond motifs is 1. The maximum absolute atomic E-state index is 12.9. The second-order valence-electron chi connectivity index (χ2n) is 9.48. The minimum absolute atomic E-state index is 0.0172. The van der Waals surface area contributed by atoms with Crippen LogP contribution in [0.15, 0.2) is 33.5 Å². The highest BCUT2D eigenvalue weighted by Crippen LogP contribution is 2.39. The number of aromatic nitrogens is 1. The van der Waals surface area contributed by atoms with Gasteiger partial charge in [0.2, 0.25) is 11.8 Å². The summed E-state index contributed by atoms with van der Waals surface area (Å²) in [5.74, 6) is 0.0594. The number of ether oxygens (including phenoxy) is 1. The molecule has 3 aliphatic rings. The van der Waals surface area contributed by atoms with Gasteiger partial charge in [0.25, 0.3) is 0 Å². The van der Waals surface area contributed by atoms with Gasteiger partial charge in [0.1, 0.15) is 6.54 Å². The van der Waals surface area contributed by atoms with Crippen LogP contribution >= 0.6 is 0 Å². The third kappa shape index (κ3) is 4.20. The molecule has 8 heteroatoms. The number of para-hydroxylation sites is 2. The standard InChI is InChI=1S/C24H31N3O5/c28-21(25-10-3-4-11-25)15-18-7-14-31-24(16-18)8-12-26(13-9-24)22(29)17-27-19-5-1-2-6-20(19)32-23(27)30/h1-2,5-6,18H,3-4,7-17H2. The van der Waals surface area contributed by atoms with Crippen molar-refractivity contribution in [3.05, 3.63) is 34.8 Å². The molecule has 172 valence electrons. The van der Waals surface area contributed by atoms with E-state index >= 15 is 0 Å². The van der Waals surface area contributed by atoms with E-state index in [0.29, 0.717) is 43.1 Å². The van der Waals surface area contributed by atoms with E-state index in [1.165, 1.54) is 4.57 Å². The van der Waals surface area contributed by atoms with Crippen LogP contribution in [0.1, 0.15) is 44.9 Å². The van der Waals surface area contributed by atoms with E-state index in [4.69, 9.17) is 9.15 Å². The molecule has 1 unspecified atom stereocenters. The number of hydrogen-bond acceptors (Lipinski definition) is 5. The van der Waals surface area contributed by atoms with E-state index in [2.05, 4.69) is 0 Å². The zero-order chi connectivity index (χ0) is 22.1. The molecule has 2 aromatic rings. The maximum atomic E-state index is 12.9. The highest BCUT2D eigenvalue weighted by Gasteiger charge is 2.42. The lowest BCUT2D eigenvalue weighted by Crippen LogP contribution is -2.51. The molecule has 1 aromatic heterocycles. The second-order valence-corrected chi connectivity index (χ2v) is 9.48. The molecule has 32 heavy (non-hydrogen) atoms. The number of amides is 2. The van der Waals surface area contributed by atoms with Gasteiger partial charge in [-0.3, -0.25) is 14.2 Å². The van der Waals surface area contributed by atoms with Crippen LogP contribution in [0, 0.1) is 5.92 Å². The van der Waals surface area contributed by atoms with Crippen molar-refractivity contribution in [2.45, 2.75) is 57.1 Å². The average Bonchev–Trinajstić information content (AvgIpc) is 3.43. The summed E-state index contributed by atoms with van der Waals surface area (Å²) in [4.78, 5) is 41.5. The average molecular weight is 442 g/mol. The monoisotopic (exact) mass is 441 g/mol. The van der Waals surface area contributed by atoms with Gasteiger partial charge < -0.3 is 19.0 Å². The van der Waals surface area contributed by atoms with Crippen LogP contribution in [0.5, 0.6) is 0 Å². The fourth-order valence-corrected chi connectivity index (χ4v) is 5.56. The van der Waals surface area contributed by atoms with E-state index in [9.17, 15) is 14.4 Å². The van der Waals surface area contributed by atoms with Crippen molar-refractivity contribution in [1.82, 2.24) is 14.4 Å². The molecule has 4 heterocycles. The molecule has 3 fully saturated rings. The summed E-state index contributed by atoms with van der Waals surface area (Å²) in [5, 5.41) is 0. The van der Waals surface area contributed by atoms with Crippen LogP contribution in [0.3, 0.4) is 0 Å². The zero-order valence-electron chi connectivity index (χ0n) is 18.5. The van der Waals surface area contributed by atoms with E-state index in [1.54, 1.807) is 18.2 Å². The summed E-state index contributed by atoms with van der Waals surface area (Å²) >= 11 is 0. The smallest absolute Gasteiger partial charge is 0.408 e. The van der Waals surface area contributed by atoms with Crippen molar-refractivity contribution in [1.29, 1.82) is 0 Å². The number of carbonyl (C=O) groups excluding carboxylic acids is 2. The molecule has 3 aliphatic heterocycles. The van der Waals surface area contributed by atoms with Gasteiger partial charge in [-0.1, -0.05) is 12.1 Å². The van der Waals surface area contributed by atoms with Gasteiger partial charge in [0.05, 0.1) is 11.1 Å². The number of benzene rings is 1. The van der Waals surface area contributed by atoms with Crippen LogP contribution in [0.2, 0.25) is 0 Å². The van der Waals surface area contributed by atoms with Crippen LogP contribution in [-0.2, 0) is 20.9 Å². The van der Waals surface area contributed by atoms with Gasteiger partial charge in [0, 0.05) is 39.2 Å². The molecule has 3 saturated heterocycles. The first-order valence-corrected chi connectivity index (χ1v) is 11.8. The lowest BCUT2D eigenvalue weighted by atomic mass is 9.78. The molecule has 0 radical (unpaired) electrons. The van der Waals surface area contributed by atoms with Crippen molar-refractivity contribution >= 4 is 22.9 Å². The van der Waals surface area contributed by atoms with Crippen LogP contribution in [0.4, 0.5) is 0 Å². The van der Waals surface area contributed by atoms with Gasteiger partial charge in [-0.15, -0.1) is 0 Å². The summed E-state index contributed by atoms with van der Waals surface area (Å²) in [5.41, 5.74) is 0.901. The maximum Gasteiger partial charge on any atom is 0.420 e. The molecule has 2 amide bonds. The van der Waals surface area contributed by atoms with Gasteiger partial charge in [-0.2, -0.15) is 0 Å². The predicted octanol–water partition coefficient (Wildman–Crippen LogP) is 2.39. The molecule has 1 atom stereocenters. The van der Waals surface area contributed by atoms with E-state index < -0.39 is 5.76 Å². The lowest BCUT2D eigenvalue weighted by Gasteiger charge is -2.46. The lowest BCUT2D eigenvalue weighted by molar-refractivity contribution is -0.150. The largest absolute Gasteiger partial charge is 0.420 e. The van der Waals surface area contributed by atoms with E-state index in [1.807, 2.05) is 15.9 Å². The Morgan fingerprint density at radius 3 is 2.50 bits per heavy atom. The van der Waals surface area contributed by atoms with Gasteiger partial charge in [0.15, 0.2) is 5.58 Å². The Morgan fingerprint density at radius 2 is 1.72 bits per heavy atom. The van der Waals surface area contributed by atoms with Gasteiger partial charge >= 0.3 is 5.76 Å². The Labute approximate surface area is 187 Å². The number of hydrogen-bond donors (Lipinski definition) is 0. The number of piperidine rings is 1. The molecular formula is C24H31N3O5. The number of rotatable bonds is 4. The molecule has 0 saturated carbocycles. The summed E-state index contributed by atoms with van der Waals surface area (Å²) in [6.45, 7) is 3.68. The molecule has 0 bridgehead atoms. The number of carbonyl (C=O) groups is 2. The summed E-state index contributed by atoms with van der Waals surface area (Å²) in [6, 6.07) is 7.15. The number of likely N-dealkylation sites (tertiary alicyclic amines) is 2. The normalized spacial score (nSPS) is 23.2. The van der Waals surface area contributed by atoms with E-state index in [0.717, 1.165) is 51.6 Å². The molecular weight excluding hydrogens is 410 g/mol. The predicted molar refractivity (Wildman–Crippen MR) is 118 cm³/mol. The first-order chi connectivity index (χ1) is 15.5. The van der Waals surface area contributed by atoms with Gasteiger partial charge in [-0.25, -0.2) is 4.79 Å². The van der Waals surface area contributed by atoms with Crippen LogP contribution in [-0.4, -0.2) is 64.6 Å². The minimum atomic E-state index is -0.505. The fourth-order valence-electron chi connectivity index (χ4n) is 5.56. The van der Waals surface area contributed by atoms with Crippen molar-refractivity contribution in [2.75, 3.05) is 32.8 Å². The second kappa shape index (κ2) is 8.73. The van der Waals surface area contributed by atoms with Crippen molar-refractivity contribution in [3.63, 3.8) is 0 Å². The summed E-state index contributed by atoms with van der Waals surface area (Å²) in [7, 11) is 0. The van der Waals surface area contributed by atoms with E-state index in [-0.39, 0.29) is 24.0 Å². The Hall–Kier alpha value is -2.61. The molecule has 5 rings (SSSR count). The summed E-state index contributed by atoms with van der Waals surface area (Å²) < 4.78 is 12.9. The highest BCUT2D eigenvalue weighted by atomic mass is 16.5. The van der Waals surface area contributed by atoms with Crippen molar-refractivity contribution in [3.8, 4) is 0 Å². The molecule has 1 spiro atoms. The highest BCUT2D eigenvalue weighted by molar-refractivity contribution is 5.79. The number of oxazole rings is 1. The fraction of sp³-hybridized carbons (Fsp3) is 0.625. The Bertz CT molecular complexity index is 1040. The van der Waals surface area contributed by atoms with Gasteiger partial charge in [-0.05, 0) is 56.6 Å². The Morgan fingerprint density at radius 1 is 1.00 bits per heavy atom. The first-order valence-electron chi connectivity index (χ1n) is 11.8.